The first kappa shape index (κ1) is 19.2. The Morgan fingerprint density at radius 3 is 2.55 bits per heavy atom. The highest BCUT2D eigenvalue weighted by molar-refractivity contribution is 7.14. The standard InChI is InChI=1S/C24H23N3OS/c1-2-7-19(8-3-1)9-4-5-16-28-22-13-11-21(12-14-22)26-24-27-23(18-29-24)20-10-6-15-25-17-20/h1-3,6-8,10-15,17-18H,4-5,9,16H2,(H,26,27). The van der Waals surface area contributed by atoms with Crippen molar-refractivity contribution in [3.63, 3.8) is 0 Å². The number of unbranched alkanes of at least 4 members (excludes halogenated alkanes) is 1. The lowest BCUT2D eigenvalue weighted by Crippen LogP contribution is -1.98. The molecule has 0 aliphatic carbocycles. The Morgan fingerprint density at radius 2 is 1.76 bits per heavy atom. The molecule has 2 heterocycles. The second-order valence-electron chi connectivity index (χ2n) is 6.72. The molecule has 0 fully saturated rings. The zero-order valence-electron chi connectivity index (χ0n) is 16.1. The van der Waals surface area contributed by atoms with Gasteiger partial charge in [-0.05, 0) is 61.2 Å². The van der Waals surface area contributed by atoms with Gasteiger partial charge in [0.25, 0.3) is 0 Å². The smallest absolute Gasteiger partial charge is 0.187 e. The Hall–Kier alpha value is -3.18. The second kappa shape index (κ2) is 9.85. The number of nitrogens with zero attached hydrogens (tertiary/aromatic N) is 2. The van der Waals surface area contributed by atoms with Crippen molar-refractivity contribution in [1.82, 2.24) is 9.97 Å². The average molecular weight is 402 g/mol. The summed E-state index contributed by atoms with van der Waals surface area (Å²) in [6.45, 7) is 0.737. The summed E-state index contributed by atoms with van der Waals surface area (Å²) in [4.78, 5) is 8.78. The number of ether oxygens (including phenoxy) is 1. The molecule has 0 amide bonds. The molecule has 0 atom stereocenters. The predicted molar refractivity (Wildman–Crippen MR) is 120 cm³/mol. The van der Waals surface area contributed by atoms with Crippen molar-refractivity contribution >= 4 is 22.2 Å². The summed E-state index contributed by atoms with van der Waals surface area (Å²) in [7, 11) is 0. The highest BCUT2D eigenvalue weighted by Gasteiger charge is 2.05. The lowest BCUT2D eigenvalue weighted by molar-refractivity contribution is 0.307. The third-order valence-corrected chi connectivity index (χ3v) is 5.30. The van der Waals surface area contributed by atoms with Gasteiger partial charge in [0, 0.05) is 29.0 Å². The van der Waals surface area contributed by atoms with Gasteiger partial charge in [-0.1, -0.05) is 30.3 Å². The van der Waals surface area contributed by atoms with Crippen LogP contribution in [0.15, 0.2) is 84.5 Å². The molecule has 0 radical (unpaired) electrons. The molecule has 0 aliphatic rings. The van der Waals surface area contributed by atoms with E-state index < -0.39 is 0 Å². The number of aryl methyl sites for hydroxylation is 1. The minimum atomic E-state index is 0.737. The van der Waals surface area contributed by atoms with E-state index in [0.29, 0.717) is 0 Å². The van der Waals surface area contributed by atoms with Crippen molar-refractivity contribution in [2.45, 2.75) is 19.3 Å². The molecule has 0 spiro atoms. The fourth-order valence-electron chi connectivity index (χ4n) is 3.00. The predicted octanol–water partition coefficient (Wildman–Crippen LogP) is 6.35. The number of aromatic nitrogens is 2. The van der Waals surface area contributed by atoms with Crippen LogP contribution in [-0.2, 0) is 6.42 Å². The summed E-state index contributed by atoms with van der Waals surface area (Å²) < 4.78 is 5.86. The normalized spacial score (nSPS) is 10.6. The van der Waals surface area contributed by atoms with Crippen LogP contribution in [0, 0.1) is 0 Å². The molecule has 4 rings (SSSR count). The molecule has 29 heavy (non-hydrogen) atoms. The highest BCUT2D eigenvalue weighted by Crippen LogP contribution is 2.27. The molecule has 4 aromatic rings. The topological polar surface area (TPSA) is 47.0 Å². The first-order valence-corrected chi connectivity index (χ1v) is 10.6. The van der Waals surface area contributed by atoms with E-state index in [1.54, 1.807) is 17.5 Å². The van der Waals surface area contributed by atoms with E-state index in [2.05, 4.69) is 45.6 Å². The molecule has 2 aromatic carbocycles. The minimum absolute atomic E-state index is 0.737. The van der Waals surface area contributed by atoms with E-state index in [1.165, 1.54) is 5.56 Å². The molecule has 5 heteroatoms. The van der Waals surface area contributed by atoms with Gasteiger partial charge in [0.15, 0.2) is 5.13 Å². The summed E-state index contributed by atoms with van der Waals surface area (Å²) in [6.07, 6.45) is 6.87. The van der Waals surface area contributed by atoms with E-state index in [9.17, 15) is 0 Å². The molecule has 2 aromatic heterocycles. The van der Waals surface area contributed by atoms with Crippen molar-refractivity contribution in [2.24, 2.45) is 0 Å². The largest absolute Gasteiger partial charge is 0.494 e. The molecule has 0 saturated heterocycles. The third-order valence-electron chi connectivity index (χ3n) is 4.54. The van der Waals surface area contributed by atoms with Gasteiger partial charge in [-0.25, -0.2) is 4.98 Å². The van der Waals surface area contributed by atoms with Gasteiger partial charge in [-0.3, -0.25) is 4.98 Å². The maximum absolute atomic E-state index is 5.86. The second-order valence-corrected chi connectivity index (χ2v) is 7.58. The number of thiazole rings is 1. The summed E-state index contributed by atoms with van der Waals surface area (Å²) in [5.41, 5.74) is 4.33. The monoisotopic (exact) mass is 401 g/mol. The average Bonchev–Trinajstić information content (AvgIpc) is 3.25. The van der Waals surface area contributed by atoms with Crippen LogP contribution in [-0.4, -0.2) is 16.6 Å². The van der Waals surface area contributed by atoms with Crippen LogP contribution in [0.5, 0.6) is 5.75 Å². The SMILES string of the molecule is c1ccc(CCCCOc2ccc(Nc3nc(-c4cccnc4)cs3)cc2)cc1. The molecule has 0 bridgehead atoms. The van der Waals surface area contributed by atoms with Crippen molar-refractivity contribution in [3.05, 3.63) is 90.1 Å². The van der Waals surface area contributed by atoms with Crippen molar-refractivity contribution in [2.75, 3.05) is 11.9 Å². The molecule has 0 unspecified atom stereocenters. The van der Waals surface area contributed by atoms with Crippen LogP contribution in [0.2, 0.25) is 0 Å². The molecule has 0 saturated carbocycles. The van der Waals surface area contributed by atoms with E-state index in [-0.39, 0.29) is 0 Å². The zero-order valence-corrected chi connectivity index (χ0v) is 16.9. The number of anilines is 2. The van der Waals surface area contributed by atoms with E-state index in [1.807, 2.05) is 48.0 Å². The fraction of sp³-hybridized carbons (Fsp3) is 0.167. The quantitative estimate of drug-likeness (QED) is 0.332. The van der Waals surface area contributed by atoms with Crippen molar-refractivity contribution < 1.29 is 4.74 Å². The summed E-state index contributed by atoms with van der Waals surface area (Å²) in [6, 6.07) is 22.5. The van der Waals surface area contributed by atoms with E-state index in [4.69, 9.17) is 4.74 Å². The molecular formula is C24H23N3OS. The van der Waals surface area contributed by atoms with Crippen molar-refractivity contribution in [1.29, 1.82) is 0 Å². The molecule has 146 valence electrons. The van der Waals surface area contributed by atoms with Crippen molar-refractivity contribution in [3.8, 4) is 17.0 Å². The fourth-order valence-corrected chi connectivity index (χ4v) is 3.74. The third kappa shape index (κ3) is 5.65. The molecule has 0 aliphatic heterocycles. The molecular weight excluding hydrogens is 378 g/mol. The summed E-state index contributed by atoms with van der Waals surface area (Å²) in [5.74, 6) is 0.894. The molecule has 1 N–H and O–H groups in total. The van der Waals surface area contributed by atoms with Crippen LogP contribution >= 0.6 is 11.3 Å². The molecule has 4 nitrogen and oxygen atoms in total. The van der Waals surface area contributed by atoms with E-state index in [0.717, 1.165) is 53.7 Å². The zero-order chi connectivity index (χ0) is 19.7. The van der Waals surface area contributed by atoms with Gasteiger partial charge in [0.1, 0.15) is 5.75 Å². The lowest BCUT2D eigenvalue weighted by Gasteiger charge is -2.08. The number of benzene rings is 2. The number of hydrogen-bond donors (Lipinski definition) is 1. The minimum Gasteiger partial charge on any atom is -0.494 e. The van der Waals surface area contributed by atoms with Crippen LogP contribution in [0.4, 0.5) is 10.8 Å². The first-order chi connectivity index (χ1) is 14.4. The van der Waals surface area contributed by atoms with Gasteiger partial charge in [0.05, 0.1) is 12.3 Å². The summed E-state index contributed by atoms with van der Waals surface area (Å²) >= 11 is 1.58. The Morgan fingerprint density at radius 1 is 0.897 bits per heavy atom. The van der Waals surface area contributed by atoms with Gasteiger partial charge < -0.3 is 10.1 Å². The Labute approximate surface area is 175 Å². The van der Waals surface area contributed by atoms with Gasteiger partial charge >= 0.3 is 0 Å². The van der Waals surface area contributed by atoms with Crippen LogP contribution in [0.3, 0.4) is 0 Å². The van der Waals surface area contributed by atoms with E-state index >= 15 is 0 Å². The number of pyridine rings is 1. The van der Waals surface area contributed by atoms with Gasteiger partial charge in [-0.2, -0.15) is 0 Å². The maximum Gasteiger partial charge on any atom is 0.187 e. The first-order valence-electron chi connectivity index (χ1n) is 9.76. The highest BCUT2D eigenvalue weighted by atomic mass is 32.1. The number of hydrogen-bond acceptors (Lipinski definition) is 5. The Bertz CT molecular complexity index is 1000. The van der Waals surface area contributed by atoms with Gasteiger partial charge in [0.2, 0.25) is 0 Å². The Balaban J connectivity index is 1.23. The summed E-state index contributed by atoms with van der Waals surface area (Å²) in [5, 5.41) is 6.24. The van der Waals surface area contributed by atoms with Gasteiger partial charge in [-0.15, -0.1) is 11.3 Å². The number of rotatable bonds is 9. The van der Waals surface area contributed by atoms with Crippen LogP contribution in [0.25, 0.3) is 11.3 Å². The van der Waals surface area contributed by atoms with Crippen LogP contribution in [0.1, 0.15) is 18.4 Å². The lowest BCUT2D eigenvalue weighted by atomic mass is 10.1. The van der Waals surface area contributed by atoms with Crippen LogP contribution < -0.4 is 10.1 Å². The maximum atomic E-state index is 5.86. The number of nitrogens with one attached hydrogen (secondary N) is 1. The Kier molecular flexibility index (Phi) is 6.50.